The quantitative estimate of drug-likeness (QED) is 0.792. The molecule has 1 N–H and O–H groups in total. The van der Waals surface area contributed by atoms with E-state index in [2.05, 4.69) is 10.1 Å². The molecule has 0 atom stereocenters. The largest absolute Gasteiger partial charge is 0.465 e. The minimum atomic E-state index is -0.405. The summed E-state index contributed by atoms with van der Waals surface area (Å²) in [5, 5.41) is 2.64. The van der Waals surface area contributed by atoms with Gasteiger partial charge in [-0.3, -0.25) is 9.59 Å². The van der Waals surface area contributed by atoms with E-state index < -0.39 is 5.97 Å². The first kappa shape index (κ1) is 15.0. The molecule has 1 fully saturated rings. The van der Waals surface area contributed by atoms with Gasteiger partial charge in [0.1, 0.15) is 0 Å². The van der Waals surface area contributed by atoms with Gasteiger partial charge in [0.2, 0.25) is 0 Å². The van der Waals surface area contributed by atoms with E-state index >= 15 is 0 Å². The van der Waals surface area contributed by atoms with Crippen molar-refractivity contribution in [2.45, 2.75) is 19.4 Å². The molecular formula is C15H17NO5. The molecule has 0 heterocycles. The maximum Gasteiger partial charge on any atom is 0.337 e. The van der Waals surface area contributed by atoms with Gasteiger partial charge in [0.25, 0.3) is 5.91 Å². The lowest BCUT2D eigenvalue weighted by Gasteiger charge is -2.07. The lowest BCUT2D eigenvalue weighted by atomic mass is 10.1. The second-order valence-corrected chi connectivity index (χ2v) is 4.85. The number of methoxy groups -OCH3 is 1. The Bertz CT molecular complexity index is 533. The monoisotopic (exact) mass is 291 g/mol. The molecule has 1 aromatic rings. The van der Waals surface area contributed by atoms with Crippen LogP contribution in [0.25, 0.3) is 0 Å². The highest BCUT2D eigenvalue weighted by molar-refractivity contribution is 5.89. The fraction of sp³-hybridized carbons (Fsp3) is 0.400. The summed E-state index contributed by atoms with van der Waals surface area (Å²) < 4.78 is 9.47. The minimum Gasteiger partial charge on any atom is -0.465 e. The molecule has 0 saturated heterocycles. The second kappa shape index (κ2) is 6.88. The molecular weight excluding hydrogens is 274 g/mol. The first-order valence-electron chi connectivity index (χ1n) is 6.70. The van der Waals surface area contributed by atoms with Crippen molar-refractivity contribution < 1.29 is 23.9 Å². The zero-order chi connectivity index (χ0) is 15.2. The third-order valence-corrected chi connectivity index (χ3v) is 3.12. The Kier molecular flexibility index (Phi) is 4.92. The molecule has 1 aromatic carbocycles. The van der Waals surface area contributed by atoms with Gasteiger partial charge in [-0.25, -0.2) is 4.79 Å². The predicted molar refractivity (Wildman–Crippen MR) is 73.3 cm³/mol. The Balaban J connectivity index is 1.72. The number of ether oxygens (including phenoxy) is 2. The molecule has 0 bridgehead atoms. The van der Waals surface area contributed by atoms with E-state index in [1.807, 2.05) is 0 Å². The van der Waals surface area contributed by atoms with E-state index in [0.29, 0.717) is 12.1 Å². The average Bonchev–Trinajstić information content (AvgIpc) is 3.35. The highest BCUT2D eigenvalue weighted by Crippen LogP contribution is 2.29. The van der Waals surface area contributed by atoms with Gasteiger partial charge in [-0.15, -0.1) is 0 Å². The summed E-state index contributed by atoms with van der Waals surface area (Å²) in [6, 6.07) is 6.70. The third kappa shape index (κ3) is 4.59. The number of carbonyl (C=O) groups excluding carboxylic acids is 3. The van der Waals surface area contributed by atoms with Crippen molar-refractivity contribution in [1.29, 1.82) is 0 Å². The maximum absolute atomic E-state index is 11.5. The van der Waals surface area contributed by atoms with Crippen molar-refractivity contribution in [3.8, 4) is 0 Å². The van der Waals surface area contributed by atoms with Gasteiger partial charge >= 0.3 is 11.9 Å². The Hall–Kier alpha value is -2.37. The molecule has 0 aromatic heterocycles. The SMILES string of the molecule is COC(=O)c1ccc(CNC(=O)COC(=O)C2CC2)cc1. The molecule has 2 rings (SSSR count). The van der Waals surface area contributed by atoms with Crippen molar-refractivity contribution in [2.24, 2.45) is 5.92 Å². The number of amides is 1. The molecule has 1 amide bonds. The number of carbonyl (C=O) groups is 3. The molecule has 0 unspecified atom stereocenters. The van der Waals surface area contributed by atoms with E-state index in [4.69, 9.17) is 4.74 Å². The zero-order valence-corrected chi connectivity index (χ0v) is 11.8. The van der Waals surface area contributed by atoms with Gasteiger partial charge in [0, 0.05) is 6.54 Å². The van der Waals surface area contributed by atoms with Crippen LogP contribution in [0, 0.1) is 5.92 Å². The number of hydrogen-bond donors (Lipinski definition) is 1. The van der Waals surface area contributed by atoms with Gasteiger partial charge in [-0.1, -0.05) is 12.1 Å². The molecule has 1 aliphatic carbocycles. The van der Waals surface area contributed by atoms with E-state index in [0.717, 1.165) is 18.4 Å². The molecule has 112 valence electrons. The van der Waals surface area contributed by atoms with Crippen molar-refractivity contribution in [1.82, 2.24) is 5.32 Å². The van der Waals surface area contributed by atoms with Gasteiger partial charge in [0.15, 0.2) is 6.61 Å². The number of rotatable bonds is 6. The maximum atomic E-state index is 11.5. The van der Waals surface area contributed by atoms with E-state index in [1.165, 1.54) is 7.11 Å². The fourth-order valence-electron chi connectivity index (χ4n) is 1.70. The van der Waals surface area contributed by atoms with Crippen LogP contribution >= 0.6 is 0 Å². The van der Waals surface area contributed by atoms with E-state index in [9.17, 15) is 14.4 Å². The number of nitrogens with one attached hydrogen (secondary N) is 1. The van der Waals surface area contributed by atoms with Crippen LogP contribution in [0.3, 0.4) is 0 Å². The van der Waals surface area contributed by atoms with Crippen molar-refractivity contribution in [3.63, 3.8) is 0 Å². The third-order valence-electron chi connectivity index (χ3n) is 3.12. The van der Waals surface area contributed by atoms with Crippen LogP contribution in [0.2, 0.25) is 0 Å². The Morgan fingerprint density at radius 3 is 2.43 bits per heavy atom. The fourth-order valence-corrected chi connectivity index (χ4v) is 1.70. The van der Waals surface area contributed by atoms with Crippen LogP contribution in [0.15, 0.2) is 24.3 Å². The molecule has 6 heteroatoms. The molecule has 0 radical (unpaired) electrons. The van der Waals surface area contributed by atoms with Gasteiger partial charge in [-0.2, -0.15) is 0 Å². The molecule has 1 aliphatic rings. The summed E-state index contributed by atoms with van der Waals surface area (Å²) >= 11 is 0. The predicted octanol–water partition coefficient (Wildman–Crippen LogP) is 1.04. The Morgan fingerprint density at radius 2 is 1.86 bits per heavy atom. The van der Waals surface area contributed by atoms with Gasteiger partial charge < -0.3 is 14.8 Å². The van der Waals surface area contributed by atoms with Crippen molar-refractivity contribution in [3.05, 3.63) is 35.4 Å². The summed E-state index contributed by atoms with van der Waals surface area (Å²) in [6.07, 6.45) is 1.71. The van der Waals surface area contributed by atoms with Crippen LogP contribution < -0.4 is 5.32 Å². The topological polar surface area (TPSA) is 81.7 Å². The Labute approximate surface area is 122 Å². The molecule has 21 heavy (non-hydrogen) atoms. The van der Waals surface area contributed by atoms with Crippen LogP contribution in [-0.4, -0.2) is 31.6 Å². The number of benzene rings is 1. The highest BCUT2D eigenvalue weighted by Gasteiger charge is 2.31. The highest BCUT2D eigenvalue weighted by atomic mass is 16.5. The number of esters is 2. The molecule has 0 spiro atoms. The summed E-state index contributed by atoms with van der Waals surface area (Å²) in [4.78, 5) is 34.1. The van der Waals surface area contributed by atoms with Crippen molar-refractivity contribution >= 4 is 17.8 Å². The van der Waals surface area contributed by atoms with E-state index in [1.54, 1.807) is 24.3 Å². The molecule has 6 nitrogen and oxygen atoms in total. The van der Waals surface area contributed by atoms with Crippen molar-refractivity contribution in [2.75, 3.05) is 13.7 Å². The summed E-state index contributed by atoms with van der Waals surface area (Å²) in [6.45, 7) is 0.0524. The zero-order valence-electron chi connectivity index (χ0n) is 11.8. The Morgan fingerprint density at radius 1 is 1.19 bits per heavy atom. The lowest BCUT2D eigenvalue weighted by molar-refractivity contribution is -0.149. The summed E-state index contributed by atoms with van der Waals surface area (Å²) in [5.41, 5.74) is 1.29. The lowest BCUT2D eigenvalue weighted by Crippen LogP contribution is -2.28. The molecule has 0 aliphatic heterocycles. The van der Waals surface area contributed by atoms with Crippen LogP contribution in [-0.2, 0) is 25.6 Å². The smallest absolute Gasteiger partial charge is 0.337 e. The van der Waals surface area contributed by atoms with Gasteiger partial charge in [0.05, 0.1) is 18.6 Å². The van der Waals surface area contributed by atoms with Crippen LogP contribution in [0.5, 0.6) is 0 Å². The van der Waals surface area contributed by atoms with E-state index in [-0.39, 0.29) is 24.4 Å². The minimum absolute atomic E-state index is 0.0105. The second-order valence-electron chi connectivity index (χ2n) is 4.85. The molecule has 1 saturated carbocycles. The standard InChI is InChI=1S/C15H17NO5/c1-20-14(18)11-4-2-10(3-5-11)8-16-13(17)9-21-15(19)12-6-7-12/h2-5,12H,6-9H2,1H3,(H,16,17). The average molecular weight is 291 g/mol. The van der Waals surface area contributed by atoms with Gasteiger partial charge in [-0.05, 0) is 30.5 Å². The van der Waals surface area contributed by atoms with Crippen LogP contribution in [0.1, 0.15) is 28.8 Å². The van der Waals surface area contributed by atoms with Crippen LogP contribution in [0.4, 0.5) is 0 Å². The summed E-state index contributed by atoms with van der Waals surface area (Å²) in [7, 11) is 1.32. The normalized spacial score (nSPS) is 13.4. The first-order chi connectivity index (χ1) is 10.1. The first-order valence-corrected chi connectivity index (χ1v) is 6.70. The number of hydrogen-bond acceptors (Lipinski definition) is 5. The summed E-state index contributed by atoms with van der Waals surface area (Å²) in [5.74, 6) is -1.06.